The van der Waals surface area contributed by atoms with E-state index in [-0.39, 0.29) is 23.4 Å². The molecule has 3 heteroatoms. The van der Waals surface area contributed by atoms with Gasteiger partial charge in [0.05, 0.1) is 6.04 Å². The van der Waals surface area contributed by atoms with Crippen molar-refractivity contribution in [2.24, 2.45) is 11.3 Å². The van der Waals surface area contributed by atoms with Gasteiger partial charge in [0, 0.05) is 12.6 Å². The summed E-state index contributed by atoms with van der Waals surface area (Å²) in [5.41, 5.74) is 0.0689. The highest BCUT2D eigenvalue weighted by Gasteiger charge is 2.39. The Hall–Kier alpha value is -0.570. The van der Waals surface area contributed by atoms with Crippen LogP contribution in [0.1, 0.15) is 54.4 Å². The van der Waals surface area contributed by atoms with E-state index in [1.807, 2.05) is 4.90 Å². The maximum absolute atomic E-state index is 12.8. The molecular formula is C15H30N2O. The van der Waals surface area contributed by atoms with Crippen LogP contribution in [0.25, 0.3) is 0 Å². The van der Waals surface area contributed by atoms with Crippen LogP contribution < -0.4 is 5.32 Å². The Balaban J connectivity index is 2.81. The van der Waals surface area contributed by atoms with Gasteiger partial charge in [-0.3, -0.25) is 4.79 Å². The quantitative estimate of drug-likeness (QED) is 0.836. The van der Waals surface area contributed by atoms with Crippen LogP contribution >= 0.6 is 0 Å². The van der Waals surface area contributed by atoms with Gasteiger partial charge in [-0.05, 0) is 44.6 Å². The summed E-state index contributed by atoms with van der Waals surface area (Å²) in [6, 6.07) is 0.256. The van der Waals surface area contributed by atoms with Crippen molar-refractivity contribution in [2.75, 3.05) is 13.1 Å². The molecule has 1 saturated heterocycles. The zero-order valence-corrected chi connectivity index (χ0v) is 12.9. The summed E-state index contributed by atoms with van der Waals surface area (Å²) in [7, 11) is 0. The van der Waals surface area contributed by atoms with Gasteiger partial charge in [-0.25, -0.2) is 0 Å². The van der Waals surface area contributed by atoms with E-state index in [9.17, 15) is 4.79 Å². The normalized spacial score (nSPS) is 23.4. The molecule has 106 valence electrons. The molecule has 1 aliphatic heterocycles. The van der Waals surface area contributed by atoms with Gasteiger partial charge < -0.3 is 10.2 Å². The number of hydrogen-bond acceptors (Lipinski definition) is 2. The number of rotatable bonds is 4. The van der Waals surface area contributed by atoms with Crippen molar-refractivity contribution < 1.29 is 4.79 Å². The second-order valence-electron chi connectivity index (χ2n) is 6.96. The van der Waals surface area contributed by atoms with Crippen molar-refractivity contribution in [1.82, 2.24) is 10.2 Å². The Kier molecular flexibility index (Phi) is 5.20. The molecule has 18 heavy (non-hydrogen) atoms. The Bertz CT molecular complexity index is 284. The number of nitrogens with zero attached hydrogens (tertiary/aromatic N) is 1. The molecule has 1 fully saturated rings. The van der Waals surface area contributed by atoms with Gasteiger partial charge in [0.25, 0.3) is 0 Å². The lowest BCUT2D eigenvalue weighted by Gasteiger charge is -2.42. The van der Waals surface area contributed by atoms with E-state index in [1.165, 1.54) is 6.42 Å². The van der Waals surface area contributed by atoms with E-state index in [4.69, 9.17) is 0 Å². The number of amides is 1. The summed E-state index contributed by atoms with van der Waals surface area (Å²) in [5.74, 6) is 0.798. The van der Waals surface area contributed by atoms with Crippen LogP contribution in [-0.4, -0.2) is 36.0 Å². The number of carbonyl (C=O) groups excluding carboxylic acids is 1. The van der Waals surface area contributed by atoms with E-state index in [0.29, 0.717) is 5.92 Å². The average Bonchev–Trinajstić information content (AvgIpc) is 2.23. The Morgan fingerprint density at radius 3 is 2.39 bits per heavy atom. The second kappa shape index (κ2) is 6.05. The molecule has 0 aromatic carbocycles. The number of carbonyl (C=O) groups is 1. The zero-order valence-electron chi connectivity index (χ0n) is 12.9. The van der Waals surface area contributed by atoms with Crippen LogP contribution in [0.15, 0.2) is 0 Å². The Labute approximate surface area is 112 Å². The van der Waals surface area contributed by atoms with Crippen molar-refractivity contribution in [1.29, 1.82) is 0 Å². The third-order valence-corrected chi connectivity index (χ3v) is 3.84. The first-order chi connectivity index (χ1) is 8.25. The fourth-order valence-electron chi connectivity index (χ4n) is 2.75. The van der Waals surface area contributed by atoms with Crippen molar-refractivity contribution in [3.8, 4) is 0 Å². The van der Waals surface area contributed by atoms with Gasteiger partial charge in [0.1, 0.15) is 0 Å². The van der Waals surface area contributed by atoms with Gasteiger partial charge >= 0.3 is 0 Å². The van der Waals surface area contributed by atoms with E-state index >= 15 is 0 Å². The van der Waals surface area contributed by atoms with Gasteiger partial charge in [0.2, 0.25) is 5.91 Å². The van der Waals surface area contributed by atoms with E-state index in [2.05, 4.69) is 46.9 Å². The number of nitrogens with one attached hydrogen (secondary N) is 1. The highest BCUT2D eigenvalue weighted by Crippen LogP contribution is 2.31. The largest absolute Gasteiger partial charge is 0.339 e. The van der Waals surface area contributed by atoms with Crippen LogP contribution in [0.3, 0.4) is 0 Å². The standard InChI is InChI=1S/C15H30N2O/c1-11(2)10-17(12(3)4)14(18)13-15(5,6)8-7-9-16-13/h11-13,16H,7-10H2,1-6H3. The van der Waals surface area contributed by atoms with E-state index < -0.39 is 0 Å². The smallest absolute Gasteiger partial charge is 0.240 e. The summed E-state index contributed by atoms with van der Waals surface area (Å²) in [6.07, 6.45) is 2.30. The van der Waals surface area contributed by atoms with Crippen LogP contribution in [-0.2, 0) is 4.79 Å². The van der Waals surface area contributed by atoms with Crippen molar-refractivity contribution in [2.45, 2.75) is 66.5 Å². The molecule has 0 bridgehead atoms. The third-order valence-electron chi connectivity index (χ3n) is 3.84. The molecule has 1 amide bonds. The lowest BCUT2D eigenvalue weighted by atomic mass is 9.77. The molecule has 0 aliphatic carbocycles. The van der Waals surface area contributed by atoms with Gasteiger partial charge in [-0.2, -0.15) is 0 Å². The molecule has 1 rings (SSSR count). The second-order valence-corrected chi connectivity index (χ2v) is 6.96. The molecule has 0 saturated carbocycles. The van der Waals surface area contributed by atoms with Crippen LogP contribution in [0.2, 0.25) is 0 Å². The topological polar surface area (TPSA) is 32.3 Å². The molecule has 3 nitrogen and oxygen atoms in total. The summed E-state index contributed by atoms with van der Waals surface area (Å²) in [5, 5.41) is 3.43. The fraction of sp³-hybridized carbons (Fsp3) is 0.933. The van der Waals surface area contributed by atoms with Crippen molar-refractivity contribution in [3.05, 3.63) is 0 Å². The van der Waals surface area contributed by atoms with E-state index in [0.717, 1.165) is 19.5 Å². The molecule has 1 aliphatic rings. The van der Waals surface area contributed by atoms with Gasteiger partial charge in [-0.15, -0.1) is 0 Å². The first kappa shape index (κ1) is 15.5. The average molecular weight is 254 g/mol. The number of piperidine rings is 1. The highest BCUT2D eigenvalue weighted by molar-refractivity contribution is 5.83. The molecule has 0 aromatic heterocycles. The maximum atomic E-state index is 12.8. The molecule has 0 radical (unpaired) electrons. The van der Waals surface area contributed by atoms with Gasteiger partial charge in [-0.1, -0.05) is 27.7 Å². The molecule has 1 unspecified atom stereocenters. The molecular weight excluding hydrogens is 224 g/mol. The minimum atomic E-state index is -0.0209. The Morgan fingerprint density at radius 2 is 1.94 bits per heavy atom. The maximum Gasteiger partial charge on any atom is 0.240 e. The molecule has 0 spiro atoms. The van der Waals surface area contributed by atoms with Crippen LogP contribution in [0, 0.1) is 11.3 Å². The minimum absolute atomic E-state index is 0.0209. The predicted molar refractivity (Wildman–Crippen MR) is 76.5 cm³/mol. The van der Waals surface area contributed by atoms with Crippen molar-refractivity contribution >= 4 is 5.91 Å². The fourth-order valence-corrected chi connectivity index (χ4v) is 2.75. The molecule has 1 atom stereocenters. The first-order valence-electron chi connectivity index (χ1n) is 7.29. The molecule has 0 aromatic rings. The zero-order chi connectivity index (χ0) is 13.9. The highest BCUT2D eigenvalue weighted by atomic mass is 16.2. The van der Waals surface area contributed by atoms with E-state index in [1.54, 1.807) is 0 Å². The first-order valence-corrected chi connectivity index (χ1v) is 7.29. The van der Waals surface area contributed by atoms with Crippen LogP contribution in [0.4, 0.5) is 0 Å². The lowest BCUT2D eigenvalue weighted by molar-refractivity contribution is -0.139. The third kappa shape index (κ3) is 3.71. The van der Waals surface area contributed by atoms with Crippen molar-refractivity contribution in [3.63, 3.8) is 0 Å². The van der Waals surface area contributed by atoms with Crippen LogP contribution in [0.5, 0.6) is 0 Å². The monoisotopic (exact) mass is 254 g/mol. The minimum Gasteiger partial charge on any atom is -0.339 e. The SMILES string of the molecule is CC(C)CN(C(=O)C1NCCCC1(C)C)C(C)C. The summed E-state index contributed by atoms with van der Waals surface area (Å²) in [6.45, 7) is 14.8. The summed E-state index contributed by atoms with van der Waals surface area (Å²) < 4.78 is 0. The summed E-state index contributed by atoms with van der Waals surface area (Å²) >= 11 is 0. The lowest BCUT2D eigenvalue weighted by Crippen LogP contribution is -2.58. The Morgan fingerprint density at radius 1 is 1.33 bits per heavy atom. The predicted octanol–water partition coefficient (Wildman–Crippen LogP) is 2.66. The molecule has 1 heterocycles. The summed E-state index contributed by atoms with van der Waals surface area (Å²) in [4.78, 5) is 14.8. The number of hydrogen-bond donors (Lipinski definition) is 1. The van der Waals surface area contributed by atoms with Gasteiger partial charge in [0.15, 0.2) is 0 Å². The molecule has 1 N–H and O–H groups in total.